The lowest BCUT2D eigenvalue weighted by Crippen LogP contribution is -1.97. The van der Waals surface area contributed by atoms with Crippen molar-refractivity contribution in [3.8, 4) is 22.3 Å². The van der Waals surface area contributed by atoms with Crippen LogP contribution in [-0.2, 0) is 6.42 Å². The molecule has 0 saturated heterocycles. The van der Waals surface area contributed by atoms with Crippen LogP contribution in [0.5, 0.6) is 0 Å². The van der Waals surface area contributed by atoms with Crippen molar-refractivity contribution in [2.75, 3.05) is 0 Å². The molecule has 1 saturated carbocycles. The highest BCUT2D eigenvalue weighted by atomic mass is 14.3. The van der Waals surface area contributed by atoms with Gasteiger partial charge in [-0.05, 0) is 58.6 Å². The molecule has 0 radical (unpaired) electrons. The van der Waals surface area contributed by atoms with Gasteiger partial charge in [0.2, 0.25) is 0 Å². The lowest BCUT2D eigenvalue weighted by atomic mass is 9.95. The molecule has 0 bridgehead atoms. The first kappa shape index (κ1) is 15.6. The summed E-state index contributed by atoms with van der Waals surface area (Å²) in [5.74, 6) is 0.829. The number of rotatable bonds is 3. The molecule has 0 heteroatoms. The quantitative estimate of drug-likeness (QED) is 0.476. The lowest BCUT2D eigenvalue weighted by molar-refractivity contribution is 0.634. The molecule has 5 rings (SSSR count). The monoisotopic (exact) mass is 336 g/mol. The molecule has 0 nitrogen and oxygen atoms in total. The molecule has 3 aromatic carbocycles. The maximum absolute atomic E-state index is 2.51. The molecule has 2 aliphatic carbocycles. The maximum Gasteiger partial charge on any atom is -0.00548 e. The fourth-order valence-electron chi connectivity index (χ4n) is 4.68. The molecule has 0 aromatic heterocycles. The van der Waals surface area contributed by atoms with E-state index in [4.69, 9.17) is 0 Å². The van der Waals surface area contributed by atoms with Gasteiger partial charge in [-0.25, -0.2) is 0 Å². The van der Waals surface area contributed by atoms with Crippen LogP contribution in [0, 0.1) is 5.92 Å². The number of allylic oxidation sites excluding steroid dienone is 1. The van der Waals surface area contributed by atoms with Crippen molar-refractivity contribution in [3.63, 3.8) is 0 Å². The van der Waals surface area contributed by atoms with Gasteiger partial charge in [-0.2, -0.15) is 0 Å². The molecular weight excluding hydrogens is 312 g/mol. The maximum atomic E-state index is 2.51. The Labute approximate surface area is 156 Å². The van der Waals surface area contributed by atoms with Crippen molar-refractivity contribution in [1.82, 2.24) is 0 Å². The molecule has 128 valence electrons. The minimum Gasteiger partial charge on any atom is -0.0622 e. The van der Waals surface area contributed by atoms with Gasteiger partial charge in [0.05, 0.1) is 0 Å². The average molecular weight is 336 g/mol. The molecule has 0 spiro atoms. The summed E-state index contributed by atoms with van der Waals surface area (Å²) in [5.41, 5.74) is 9.91. The normalized spacial score (nSPS) is 16.5. The van der Waals surface area contributed by atoms with E-state index in [2.05, 4.69) is 78.9 Å². The van der Waals surface area contributed by atoms with Crippen LogP contribution in [0.3, 0.4) is 0 Å². The van der Waals surface area contributed by atoms with E-state index in [1.807, 2.05) is 0 Å². The molecule has 26 heavy (non-hydrogen) atoms. The highest BCUT2D eigenvalue weighted by Gasteiger charge is 2.24. The Balaban J connectivity index is 1.49. The van der Waals surface area contributed by atoms with Gasteiger partial charge in [0.15, 0.2) is 0 Å². The average Bonchev–Trinajstić information content (AvgIpc) is 3.38. The molecule has 2 aliphatic rings. The Hall–Kier alpha value is -2.60. The second kappa shape index (κ2) is 6.61. The number of fused-ring (bicyclic) bond motifs is 1. The van der Waals surface area contributed by atoms with Gasteiger partial charge in [-0.3, -0.25) is 0 Å². The lowest BCUT2D eigenvalue weighted by Gasteiger charge is -2.09. The summed E-state index contributed by atoms with van der Waals surface area (Å²) in [5, 5.41) is 0. The molecule has 0 N–H and O–H groups in total. The Morgan fingerprint density at radius 3 is 2.08 bits per heavy atom. The number of benzene rings is 3. The van der Waals surface area contributed by atoms with Crippen LogP contribution in [0.4, 0.5) is 0 Å². The summed E-state index contributed by atoms with van der Waals surface area (Å²) in [6.07, 6.45) is 9.27. The molecular formula is C26H24. The smallest absolute Gasteiger partial charge is 0.00548 e. The van der Waals surface area contributed by atoms with Gasteiger partial charge in [0.25, 0.3) is 0 Å². The van der Waals surface area contributed by atoms with Gasteiger partial charge in [0.1, 0.15) is 0 Å². The Morgan fingerprint density at radius 1 is 0.615 bits per heavy atom. The third-order valence-electron chi connectivity index (χ3n) is 6.10. The minimum atomic E-state index is 0.829. The topological polar surface area (TPSA) is 0 Å². The highest BCUT2D eigenvalue weighted by Crippen LogP contribution is 2.41. The van der Waals surface area contributed by atoms with Crippen molar-refractivity contribution in [3.05, 3.63) is 89.5 Å². The van der Waals surface area contributed by atoms with Crippen LogP contribution in [0.1, 0.15) is 36.8 Å². The van der Waals surface area contributed by atoms with E-state index in [9.17, 15) is 0 Å². The first-order chi connectivity index (χ1) is 12.9. The van der Waals surface area contributed by atoms with Crippen molar-refractivity contribution in [2.45, 2.75) is 32.1 Å². The van der Waals surface area contributed by atoms with E-state index in [1.54, 1.807) is 5.57 Å². The Bertz CT molecular complexity index is 939. The van der Waals surface area contributed by atoms with Crippen LogP contribution < -0.4 is 0 Å². The van der Waals surface area contributed by atoms with Crippen LogP contribution in [0.25, 0.3) is 28.3 Å². The first-order valence-corrected chi connectivity index (χ1v) is 9.87. The molecule has 0 heterocycles. The molecule has 1 fully saturated rings. The summed E-state index contributed by atoms with van der Waals surface area (Å²) in [7, 11) is 0. The fourth-order valence-corrected chi connectivity index (χ4v) is 4.68. The van der Waals surface area contributed by atoms with Crippen LogP contribution in [0.15, 0.2) is 78.4 Å². The van der Waals surface area contributed by atoms with Gasteiger partial charge >= 0.3 is 0 Å². The zero-order valence-electron chi connectivity index (χ0n) is 15.1. The predicted octanol–water partition coefficient (Wildman–Crippen LogP) is 7.15. The van der Waals surface area contributed by atoms with Crippen LogP contribution >= 0.6 is 0 Å². The Kier molecular flexibility index (Phi) is 3.97. The summed E-state index contributed by atoms with van der Waals surface area (Å²) >= 11 is 0. The number of hydrogen-bond acceptors (Lipinski definition) is 0. The molecule has 0 unspecified atom stereocenters. The van der Waals surface area contributed by atoms with Gasteiger partial charge in [0, 0.05) is 0 Å². The Morgan fingerprint density at radius 2 is 1.31 bits per heavy atom. The van der Waals surface area contributed by atoms with E-state index >= 15 is 0 Å². The second-order valence-electron chi connectivity index (χ2n) is 7.70. The van der Waals surface area contributed by atoms with E-state index in [1.165, 1.54) is 59.1 Å². The van der Waals surface area contributed by atoms with Crippen molar-refractivity contribution in [1.29, 1.82) is 0 Å². The summed E-state index contributed by atoms with van der Waals surface area (Å²) < 4.78 is 0. The zero-order chi connectivity index (χ0) is 17.3. The van der Waals surface area contributed by atoms with E-state index < -0.39 is 0 Å². The second-order valence-corrected chi connectivity index (χ2v) is 7.70. The summed E-state index contributed by atoms with van der Waals surface area (Å²) in [6.45, 7) is 0. The van der Waals surface area contributed by atoms with Gasteiger partial charge in [-0.15, -0.1) is 0 Å². The van der Waals surface area contributed by atoms with E-state index in [0.29, 0.717) is 0 Å². The standard InChI is InChI=1S/C26H24/c1-2-7-19(8-3-1)21-13-15-22(16-14-21)25-12-6-11-23-17-24(18-26(23)25)20-9-4-5-10-20/h1-3,6-8,11-16,18,20H,4-5,9-10,17H2. The molecule has 0 amide bonds. The van der Waals surface area contributed by atoms with Crippen molar-refractivity contribution < 1.29 is 0 Å². The SMILES string of the molecule is C1=C(C2CCCC2)Cc2cccc(-c3ccc(-c4ccccc4)cc3)c21. The van der Waals surface area contributed by atoms with Crippen molar-refractivity contribution in [2.24, 2.45) is 5.92 Å². The molecule has 3 aromatic rings. The molecule has 0 aliphatic heterocycles. The van der Waals surface area contributed by atoms with Crippen molar-refractivity contribution >= 4 is 6.08 Å². The minimum absolute atomic E-state index is 0.829. The third-order valence-corrected chi connectivity index (χ3v) is 6.10. The largest absolute Gasteiger partial charge is 0.0622 e. The first-order valence-electron chi connectivity index (χ1n) is 9.87. The number of hydrogen-bond donors (Lipinski definition) is 0. The van der Waals surface area contributed by atoms with Crippen LogP contribution in [0.2, 0.25) is 0 Å². The summed E-state index contributed by atoms with van der Waals surface area (Å²) in [6, 6.07) is 26.5. The molecule has 0 atom stereocenters. The summed E-state index contributed by atoms with van der Waals surface area (Å²) in [4.78, 5) is 0. The third kappa shape index (κ3) is 2.80. The van der Waals surface area contributed by atoms with Gasteiger partial charge in [-0.1, -0.05) is 97.3 Å². The van der Waals surface area contributed by atoms with Gasteiger partial charge < -0.3 is 0 Å². The predicted molar refractivity (Wildman–Crippen MR) is 111 cm³/mol. The fraction of sp³-hybridized carbons (Fsp3) is 0.231. The van der Waals surface area contributed by atoms with Crippen LogP contribution in [-0.4, -0.2) is 0 Å². The zero-order valence-corrected chi connectivity index (χ0v) is 15.1. The van der Waals surface area contributed by atoms with E-state index in [-0.39, 0.29) is 0 Å². The highest BCUT2D eigenvalue weighted by molar-refractivity contribution is 5.82. The van der Waals surface area contributed by atoms with E-state index in [0.717, 1.165) is 12.3 Å².